The number of carbonyl (C=O) groups is 1. The van der Waals surface area contributed by atoms with Gasteiger partial charge in [-0.1, -0.05) is 0 Å². The average Bonchev–Trinajstić information content (AvgIpc) is 3.26. The van der Waals surface area contributed by atoms with Crippen LogP contribution in [0.3, 0.4) is 0 Å². The summed E-state index contributed by atoms with van der Waals surface area (Å²) < 4.78 is 13.6. The highest BCUT2D eigenvalue weighted by Crippen LogP contribution is 2.32. The van der Waals surface area contributed by atoms with E-state index in [2.05, 4.69) is 25.3 Å². The molecule has 1 aliphatic rings. The lowest BCUT2D eigenvalue weighted by Crippen LogP contribution is -2.48. The third-order valence-corrected chi connectivity index (χ3v) is 6.84. The maximum absolute atomic E-state index is 12.2. The molecule has 11 nitrogen and oxygen atoms in total. The normalized spacial score (nSPS) is 13.8. The Morgan fingerprint density at radius 2 is 1.88 bits per heavy atom. The second-order valence-electron chi connectivity index (χ2n) is 11.4. The summed E-state index contributed by atoms with van der Waals surface area (Å²) in [6.07, 6.45) is 5.37. The van der Waals surface area contributed by atoms with Gasteiger partial charge in [0.05, 0.1) is 30.0 Å². The Bertz CT molecular complexity index is 1750. The highest BCUT2D eigenvalue weighted by Gasteiger charge is 2.32. The van der Waals surface area contributed by atoms with Crippen LogP contribution >= 0.6 is 0 Å². The van der Waals surface area contributed by atoms with E-state index in [1.165, 1.54) is 6.33 Å². The lowest BCUT2D eigenvalue weighted by molar-refractivity contribution is -0.156. The number of fused-ring (bicyclic) bond motifs is 2. The number of imidazole rings is 1. The van der Waals surface area contributed by atoms with Crippen molar-refractivity contribution in [2.24, 2.45) is 13.0 Å². The Labute approximate surface area is 237 Å². The van der Waals surface area contributed by atoms with Crippen LogP contribution in [0.4, 0.5) is 17.5 Å². The van der Waals surface area contributed by atoms with E-state index >= 15 is 0 Å². The Kier molecular flexibility index (Phi) is 6.64. The zero-order chi connectivity index (χ0) is 28.7. The number of rotatable bonds is 7. The van der Waals surface area contributed by atoms with Crippen molar-refractivity contribution in [1.82, 2.24) is 29.5 Å². The monoisotopic (exact) mass is 552 g/mol. The number of aryl methyl sites for hydroxylation is 2. The van der Waals surface area contributed by atoms with E-state index in [0.29, 0.717) is 42.3 Å². The summed E-state index contributed by atoms with van der Waals surface area (Å²) in [5.74, 6) is 2.68. The van der Waals surface area contributed by atoms with Crippen LogP contribution in [0.1, 0.15) is 32.8 Å². The van der Waals surface area contributed by atoms with Gasteiger partial charge in [-0.3, -0.25) is 4.79 Å². The molecule has 11 heteroatoms. The molecule has 1 aliphatic heterocycles. The molecule has 0 atom stereocenters. The summed E-state index contributed by atoms with van der Waals surface area (Å²) in [6, 6.07) is 11.7. The number of carbonyl (C=O) groups excluding carboxylic acids is 1. The lowest BCUT2D eigenvalue weighted by Gasteiger charge is -2.39. The van der Waals surface area contributed by atoms with Gasteiger partial charge in [0.2, 0.25) is 5.95 Å². The Morgan fingerprint density at radius 1 is 1.05 bits per heavy atom. The van der Waals surface area contributed by atoms with E-state index in [1.54, 1.807) is 12.5 Å². The first-order valence-corrected chi connectivity index (χ1v) is 13.5. The largest absolute Gasteiger partial charge is 0.460 e. The summed E-state index contributed by atoms with van der Waals surface area (Å²) in [5.41, 5.74) is 4.51. The first kappa shape index (κ1) is 26.4. The van der Waals surface area contributed by atoms with Crippen LogP contribution in [0, 0.1) is 12.8 Å². The second-order valence-corrected chi connectivity index (χ2v) is 11.4. The number of nitrogens with zero attached hydrogens (tertiary/aromatic N) is 7. The molecule has 0 radical (unpaired) electrons. The zero-order valence-electron chi connectivity index (χ0n) is 23.8. The molecule has 2 aromatic carbocycles. The van der Waals surface area contributed by atoms with E-state index in [4.69, 9.17) is 14.5 Å². The Hall–Kier alpha value is -4.80. The van der Waals surface area contributed by atoms with Crippen LogP contribution in [0.2, 0.25) is 0 Å². The topological polar surface area (TPSA) is 120 Å². The van der Waals surface area contributed by atoms with E-state index < -0.39 is 5.60 Å². The molecule has 0 spiro atoms. The fourth-order valence-corrected chi connectivity index (χ4v) is 4.85. The molecule has 3 aromatic heterocycles. The molecular formula is C30H32N8O3. The van der Waals surface area contributed by atoms with Crippen LogP contribution in [-0.2, 0) is 16.6 Å². The summed E-state index contributed by atoms with van der Waals surface area (Å²) in [5, 5.41) is 3.38. The third kappa shape index (κ3) is 5.74. The van der Waals surface area contributed by atoms with Gasteiger partial charge in [0.15, 0.2) is 5.82 Å². The predicted molar refractivity (Wildman–Crippen MR) is 157 cm³/mol. The van der Waals surface area contributed by atoms with Crippen molar-refractivity contribution in [3.63, 3.8) is 0 Å². The first-order chi connectivity index (χ1) is 19.6. The Balaban J connectivity index is 1.15. The number of anilines is 3. The summed E-state index contributed by atoms with van der Waals surface area (Å²) in [4.78, 5) is 36.7. The first-order valence-electron chi connectivity index (χ1n) is 13.5. The molecule has 0 aliphatic carbocycles. The molecule has 5 aromatic rings. The number of esters is 1. The molecule has 0 saturated carbocycles. The molecule has 210 valence electrons. The van der Waals surface area contributed by atoms with Crippen molar-refractivity contribution in [3.05, 3.63) is 60.8 Å². The quantitative estimate of drug-likeness (QED) is 0.266. The van der Waals surface area contributed by atoms with Gasteiger partial charge in [0, 0.05) is 37.8 Å². The van der Waals surface area contributed by atoms with Crippen LogP contribution in [-0.4, -0.2) is 54.1 Å². The predicted octanol–water partition coefficient (Wildman–Crippen LogP) is 5.32. The molecule has 0 bridgehead atoms. The summed E-state index contributed by atoms with van der Waals surface area (Å²) >= 11 is 0. The van der Waals surface area contributed by atoms with Gasteiger partial charge in [-0.2, -0.15) is 0 Å². The van der Waals surface area contributed by atoms with Gasteiger partial charge in [-0.15, -0.1) is 0 Å². The molecule has 6 rings (SSSR count). The highest BCUT2D eigenvalue weighted by molar-refractivity contribution is 5.87. The van der Waals surface area contributed by atoms with Gasteiger partial charge >= 0.3 is 5.97 Å². The number of ether oxygens (including phenoxy) is 2. The highest BCUT2D eigenvalue weighted by atomic mass is 16.6. The average molecular weight is 553 g/mol. The molecule has 4 heterocycles. The minimum atomic E-state index is -0.480. The van der Waals surface area contributed by atoms with Crippen molar-refractivity contribution in [1.29, 1.82) is 0 Å². The smallest absolute Gasteiger partial charge is 0.306 e. The second kappa shape index (κ2) is 10.3. The molecule has 0 amide bonds. The van der Waals surface area contributed by atoms with Crippen molar-refractivity contribution in [2.75, 3.05) is 23.3 Å². The van der Waals surface area contributed by atoms with Gasteiger partial charge in [0.1, 0.15) is 34.5 Å². The maximum Gasteiger partial charge on any atom is 0.306 e. The SMILES string of the molecule is Cc1cc(Nc2ncnc3cnc(N4CC(CC(=O)OC(C)(C)C)C4)nc23)ccc1Oc1ccc2c(c1)ncn2C. The lowest BCUT2D eigenvalue weighted by atomic mass is 9.97. The minimum Gasteiger partial charge on any atom is -0.460 e. The van der Waals surface area contributed by atoms with Crippen LogP contribution < -0.4 is 15.0 Å². The van der Waals surface area contributed by atoms with E-state index in [9.17, 15) is 4.79 Å². The van der Waals surface area contributed by atoms with Gasteiger partial charge in [0.25, 0.3) is 0 Å². The molecule has 1 fully saturated rings. The number of hydrogen-bond acceptors (Lipinski definition) is 10. The van der Waals surface area contributed by atoms with Crippen molar-refractivity contribution < 1.29 is 14.3 Å². The van der Waals surface area contributed by atoms with Gasteiger partial charge in [-0.25, -0.2) is 24.9 Å². The van der Waals surface area contributed by atoms with Crippen molar-refractivity contribution >= 4 is 45.5 Å². The third-order valence-electron chi connectivity index (χ3n) is 6.84. The fraction of sp³-hybridized carbons (Fsp3) is 0.333. The van der Waals surface area contributed by atoms with Crippen molar-refractivity contribution in [2.45, 2.75) is 39.7 Å². The molecule has 1 saturated heterocycles. The molecular weight excluding hydrogens is 520 g/mol. The fourth-order valence-electron chi connectivity index (χ4n) is 4.85. The minimum absolute atomic E-state index is 0.178. The summed E-state index contributed by atoms with van der Waals surface area (Å²) in [6.45, 7) is 9.01. The number of benzene rings is 2. The standard InChI is InChI=1S/C30H32N8O3/c1-18-10-20(6-9-25(18)40-21-7-8-24-22(12-21)34-17-37(24)5)35-28-27-23(32-16-33-28)13-31-29(36-27)38-14-19(15-38)11-26(39)41-30(2,3)4/h6-10,12-13,16-17,19H,11,14-15H2,1-5H3,(H,32,33,35). The van der Waals surface area contributed by atoms with E-state index in [-0.39, 0.29) is 11.9 Å². The van der Waals surface area contributed by atoms with E-state index in [0.717, 1.165) is 33.8 Å². The number of hydrogen-bond donors (Lipinski definition) is 1. The van der Waals surface area contributed by atoms with E-state index in [1.807, 2.05) is 80.6 Å². The zero-order valence-corrected chi connectivity index (χ0v) is 23.8. The van der Waals surface area contributed by atoms with Crippen LogP contribution in [0.25, 0.3) is 22.1 Å². The molecule has 0 unspecified atom stereocenters. The maximum atomic E-state index is 12.2. The number of nitrogens with one attached hydrogen (secondary N) is 1. The molecule has 1 N–H and O–H groups in total. The number of aromatic nitrogens is 6. The van der Waals surface area contributed by atoms with Gasteiger partial charge < -0.3 is 24.3 Å². The molecule has 41 heavy (non-hydrogen) atoms. The Morgan fingerprint density at radius 3 is 2.66 bits per heavy atom. The van der Waals surface area contributed by atoms with Gasteiger partial charge in [-0.05, 0) is 63.6 Å². The van der Waals surface area contributed by atoms with Crippen molar-refractivity contribution in [3.8, 4) is 11.5 Å². The summed E-state index contributed by atoms with van der Waals surface area (Å²) in [7, 11) is 1.97. The van der Waals surface area contributed by atoms with Crippen LogP contribution in [0.5, 0.6) is 11.5 Å². The van der Waals surface area contributed by atoms with Crippen LogP contribution in [0.15, 0.2) is 55.2 Å².